The maximum Gasteiger partial charge on any atom is 0.194 e. The summed E-state index contributed by atoms with van der Waals surface area (Å²) in [7, 11) is 0. The molecule has 2 fully saturated rings. The summed E-state index contributed by atoms with van der Waals surface area (Å²) in [5, 5.41) is 3.50. The Morgan fingerprint density at radius 3 is 2.37 bits per heavy atom. The Kier molecular flexibility index (Phi) is 11.4. The lowest BCUT2D eigenvalue weighted by Gasteiger charge is -2.32. The molecular formula is C23H40IN5O. The molecule has 0 bridgehead atoms. The molecule has 2 saturated heterocycles. The van der Waals surface area contributed by atoms with Gasteiger partial charge in [-0.2, -0.15) is 0 Å². The first kappa shape index (κ1) is 25.4. The van der Waals surface area contributed by atoms with Crippen LogP contribution in [-0.4, -0.2) is 85.7 Å². The molecule has 0 saturated carbocycles. The predicted octanol–water partition coefficient (Wildman–Crippen LogP) is 3.02. The maximum atomic E-state index is 5.51. The monoisotopic (exact) mass is 529 g/mol. The minimum Gasteiger partial charge on any atom is -0.379 e. The fourth-order valence-corrected chi connectivity index (χ4v) is 4.22. The normalized spacial score (nSPS) is 20.5. The highest BCUT2D eigenvalue weighted by atomic mass is 127. The third-order valence-corrected chi connectivity index (χ3v) is 6.09. The van der Waals surface area contributed by atoms with Gasteiger partial charge in [0.15, 0.2) is 5.96 Å². The van der Waals surface area contributed by atoms with Crippen LogP contribution in [0.1, 0.15) is 38.3 Å². The van der Waals surface area contributed by atoms with Gasteiger partial charge in [0, 0.05) is 45.3 Å². The smallest absolute Gasteiger partial charge is 0.194 e. The van der Waals surface area contributed by atoms with Gasteiger partial charge in [0.05, 0.1) is 19.8 Å². The second-order valence-electron chi connectivity index (χ2n) is 7.98. The van der Waals surface area contributed by atoms with Gasteiger partial charge in [0.25, 0.3) is 0 Å². The zero-order chi connectivity index (χ0) is 20.5. The van der Waals surface area contributed by atoms with E-state index in [2.05, 4.69) is 65.1 Å². The van der Waals surface area contributed by atoms with Gasteiger partial charge in [0.2, 0.25) is 0 Å². The minimum atomic E-state index is 0. The largest absolute Gasteiger partial charge is 0.379 e. The van der Waals surface area contributed by atoms with Crippen LogP contribution < -0.4 is 5.32 Å². The van der Waals surface area contributed by atoms with Crippen LogP contribution >= 0.6 is 24.0 Å². The third kappa shape index (κ3) is 7.35. The Labute approximate surface area is 200 Å². The highest BCUT2D eigenvalue weighted by molar-refractivity contribution is 14.0. The van der Waals surface area contributed by atoms with Crippen LogP contribution in [0.3, 0.4) is 0 Å². The number of hydrogen-bond donors (Lipinski definition) is 1. The molecule has 0 spiro atoms. The van der Waals surface area contributed by atoms with Crippen molar-refractivity contribution in [2.24, 2.45) is 4.99 Å². The number of guanidine groups is 1. The topological polar surface area (TPSA) is 43.3 Å². The average Bonchev–Trinajstić information content (AvgIpc) is 3.26. The molecule has 170 valence electrons. The molecule has 2 heterocycles. The zero-order valence-corrected chi connectivity index (χ0v) is 21.3. The molecule has 1 aromatic rings. The summed E-state index contributed by atoms with van der Waals surface area (Å²) in [5.74, 6) is 1.05. The van der Waals surface area contributed by atoms with E-state index in [-0.39, 0.29) is 24.0 Å². The molecule has 1 aromatic carbocycles. The van der Waals surface area contributed by atoms with E-state index >= 15 is 0 Å². The van der Waals surface area contributed by atoms with Crippen LogP contribution in [0.25, 0.3) is 0 Å². The van der Waals surface area contributed by atoms with Crippen molar-refractivity contribution >= 4 is 29.9 Å². The molecule has 1 N–H and O–H groups in total. The lowest BCUT2D eigenvalue weighted by Crippen LogP contribution is -2.46. The molecule has 0 aromatic heterocycles. The zero-order valence-electron chi connectivity index (χ0n) is 19.0. The van der Waals surface area contributed by atoms with Gasteiger partial charge in [-0.15, -0.1) is 24.0 Å². The molecule has 0 amide bonds. The van der Waals surface area contributed by atoms with Crippen molar-refractivity contribution in [3.8, 4) is 0 Å². The SMILES string of the molecule is CCNC(=NCc1ccc(CN(CC)CC)cc1)N1CCC(N2CCOCC2)C1.I. The van der Waals surface area contributed by atoms with E-state index in [0.717, 1.165) is 78.1 Å². The van der Waals surface area contributed by atoms with Gasteiger partial charge in [0.1, 0.15) is 0 Å². The van der Waals surface area contributed by atoms with Crippen LogP contribution in [0.5, 0.6) is 0 Å². The Morgan fingerprint density at radius 2 is 1.73 bits per heavy atom. The molecule has 3 rings (SSSR count). The first-order chi connectivity index (χ1) is 14.2. The van der Waals surface area contributed by atoms with E-state index in [1.807, 2.05) is 0 Å². The Balaban J connectivity index is 0.00000320. The Bertz CT molecular complexity index is 629. The van der Waals surface area contributed by atoms with E-state index < -0.39 is 0 Å². The summed E-state index contributed by atoms with van der Waals surface area (Å²) in [6.45, 7) is 17.4. The molecule has 1 unspecified atom stereocenters. The van der Waals surface area contributed by atoms with Gasteiger partial charge in [-0.25, -0.2) is 4.99 Å². The Hall–Kier alpha value is -0.900. The van der Waals surface area contributed by atoms with E-state index in [4.69, 9.17) is 9.73 Å². The highest BCUT2D eigenvalue weighted by Crippen LogP contribution is 2.17. The first-order valence-electron chi connectivity index (χ1n) is 11.4. The number of aliphatic imine (C=N–C) groups is 1. The summed E-state index contributed by atoms with van der Waals surface area (Å²) < 4.78 is 5.51. The Morgan fingerprint density at radius 1 is 1.07 bits per heavy atom. The van der Waals surface area contributed by atoms with Crippen LogP contribution in [0.2, 0.25) is 0 Å². The lowest BCUT2D eigenvalue weighted by molar-refractivity contribution is 0.0195. The second-order valence-corrected chi connectivity index (χ2v) is 7.98. The van der Waals surface area contributed by atoms with Crippen LogP contribution in [0.15, 0.2) is 29.3 Å². The lowest BCUT2D eigenvalue weighted by atomic mass is 10.1. The van der Waals surface area contributed by atoms with E-state index in [0.29, 0.717) is 6.04 Å². The minimum absolute atomic E-state index is 0. The first-order valence-corrected chi connectivity index (χ1v) is 11.4. The molecule has 30 heavy (non-hydrogen) atoms. The summed E-state index contributed by atoms with van der Waals surface area (Å²) in [6, 6.07) is 9.58. The quantitative estimate of drug-likeness (QED) is 0.319. The number of likely N-dealkylation sites (tertiary alicyclic amines) is 1. The van der Waals surface area contributed by atoms with Gasteiger partial charge in [-0.1, -0.05) is 38.1 Å². The third-order valence-electron chi connectivity index (χ3n) is 6.09. The molecule has 7 heteroatoms. The number of nitrogens with one attached hydrogen (secondary N) is 1. The van der Waals surface area contributed by atoms with Crippen molar-refractivity contribution in [1.29, 1.82) is 0 Å². The number of morpholine rings is 1. The number of nitrogens with zero attached hydrogens (tertiary/aromatic N) is 4. The predicted molar refractivity (Wildman–Crippen MR) is 136 cm³/mol. The van der Waals surface area contributed by atoms with E-state index in [9.17, 15) is 0 Å². The van der Waals surface area contributed by atoms with Crippen molar-refractivity contribution in [3.63, 3.8) is 0 Å². The van der Waals surface area contributed by atoms with Crippen molar-refractivity contribution in [2.75, 3.05) is 59.0 Å². The fourth-order valence-electron chi connectivity index (χ4n) is 4.22. The van der Waals surface area contributed by atoms with E-state index in [1.54, 1.807) is 0 Å². The van der Waals surface area contributed by atoms with Gasteiger partial charge in [-0.05, 0) is 37.6 Å². The summed E-state index contributed by atoms with van der Waals surface area (Å²) in [6.07, 6.45) is 1.21. The summed E-state index contributed by atoms with van der Waals surface area (Å²) in [4.78, 5) is 12.4. The average molecular weight is 530 g/mol. The van der Waals surface area contributed by atoms with Crippen LogP contribution in [-0.2, 0) is 17.8 Å². The van der Waals surface area contributed by atoms with Crippen molar-refractivity contribution in [3.05, 3.63) is 35.4 Å². The number of halogens is 1. The molecule has 2 aliphatic rings. The molecular weight excluding hydrogens is 489 g/mol. The molecule has 0 radical (unpaired) electrons. The number of hydrogen-bond acceptors (Lipinski definition) is 4. The van der Waals surface area contributed by atoms with Crippen LogP contribution in [0.4, 0.5) is 0 Å². The fraction of sp³-hybridized carbons (Fsp3) is 0.696. The van der Waals surface area contributed by atoms with Crippen molar-refractivity contribution in [2.45, 2.75) is 46.3 Å². The number of benzene rings is 1. The number of rotatable bonds is 8. The molecule has 0 aliphatic carbocycles. The molecule has 2 aliphatic heterocycles. The van der Waals surface area contributed by atoms with Gasteiger partial charge < -0.3 is 15.0 Å². The second kappa shape index (κ2) is 13.5. The highest BCUT2D eigenvalue weighted by Gasteiger charge is 2.30. The number of ether oxygens (including phenoxy) is 1. The van der Waals surface area contributed by atoms with Crippen molar-refractivity contribution < 1.29 is 4.74 Å². The standard InChI is InChI=1S/C23H39N5O.HI/c1-4-24-23(28-12-11-22(19-28)27-13-15-29-16-14-27)25-17-20-7-9-21(10-8-20)18-26(5-2)6-3;/h7-10,22H,4-6,11-19H2,1-3H3,(H,24,25);1H. The van der Waals surface area contributed by atoms with Gasteiger partial charge >= 0.3 is 0 Å². The maximum absolute atomic E-state index is 5.51. The summed E-state index contributed by atoms with van der Waals surface area (Å²) in [5.41, 5.74) is 2.65. The summed E-state index contributed by atoms with van der Waals surface area (Å²) >= 11 is 0. The van der Waals surface area contributed by atoms with Crippen molar-refractivity contribution in [1.82, 2.24) is 20.0 Å². The molecule has 6 nitrogen and oxygen atoms in total. The van der Waals surface area contributed by atoms with E-state index in [1.165, 1.54) is 17.5 Å². The van der Waals surface area contributed by atoms with Crippen LogP contribution in [0, 0.1) is 0 Å². The molecule has 1 atom stereocenters. The van der Waals surface area contributed by atoms with Gasteiger partial charge in [-0.3, -0.25) is 9.80 Å².